The Balaban J connectivity index is 1.47. The third kappa shape index (κ3) is 3.95. The number of fused-ring (bicyclic) bond motifs is 1. The number of aryl methyl sites for hydroxylation is 3. The van der Waals surface area contributed by atoms with Gasteiger partial charge in [0, 0.05) is 20.6 Å². The van der Waals surface area contributed by atoms with Crippen LogP contribution in [0.2, 0.25) is 5.15 Å². The van der Waals surface area contributed by atoms with E-state index in [4.69, 9.17) is 16.3 Å². The molecule has 0 unspecified atom stereocenters. The number of hydrogen-bond acceptors (Lipinski definition) is 6. The van der Waals surface area contributed by atoms with E-state index < -0.39 is 23.0 Å². The normalized spacial score (nSPS) is 11.3. The molecule has 0 aliphatic carbocycles. The third-order valence-corrected chi connectivity index (χ3v) is 5.59. The van der Waals surface area contributed by atoms with Gasteiger partial charge in [0.25, 0.3) is 5.56 Å². The largest absolute Gasteiger partial charge is 0.462 e. The van der Waals surface area contributed by atoms with Gasteiger partial charge in [0.15, 0.2) is 11.2 Å². The quantitative estimate of drug-likeness (QED) is 0.312. The van der Waals surface area contributed by atoms with Crippen LogP contribution < -0.4 is 11.2 Å². The van der Waals surface area contributed by atoms with Crippen LogP contribution in [0.4, 0.5) is 4.39 Å². The summed E-state index contributed by atoms with van der Waals surface area (Å²) in [6, 6.07) is 5.49. The molecule has 0 N–H and O–H groups in total. The fourth-order valence-corrected chi connectivity index (χ4v) is 3.89. The minimum Gasteiger partial charge on any atom is -0.462 e. The van der Waals surface area contributed by atoms with Crippen molar-refractivity contribution in [3.8, 4) is 5.69 Å². The molecule has 172 valence electrons. The lowest BCUT2D eigenvalue weighted by atomic mass is 10.2. The zero-order chi connectivity index (χ0) is 23.9. The zero-order valence-electron chi connectivity index (χ0n) is 18.1. The van der Waals surface area contributed by atoms with Crippen molar-refractivity contribution in [2.75, 3.05) is 6.61 Å². The summed E-state index contributed by atoms with van der Waals surface area (Å²) in [6.07, 6.45) is 1.70. The van der Waals surface area contributed by atoms with E-state index in [2.05, 4.69) is 10.1 Å². The molecule has 4 rings (SSSR count). The maximum atomic E-state index is 13.2. The molecule has 4 aromatic rings. The van der Waals surface area contributed by atoms with Gasteiger partial charge in [-0.1, -0.05) is 11.6 Å². The van der Waals surface area contributed by atoms with Crippen molar-refractivity contribution in [2.24, 2.45) is 14.1 Å². The Morgan fingerprint density at radius 1 is 1.18 bits per heavy atom. The number of hydrogen-bond donors (Lipinski definition) is 0. The van der Waals surface area contributed by atoms with Crippen molar-refractivity contribution in [3.05, 3.63) is 73.7 Å². The summed E-state index contributed by atoms with van der Waals surface area (Å²) < 4.78 is 23.7. The van der Waals surface area contributed by atoms with Gasteiger partial charge in [0.1, 0.15) is 16.5 Å². The molecular weight excluding hydrogens is 455 g/mol. The topological polar surface area (TPSA) is 106 Å². The van der Waals surface area contributed by atoms with Gasteiger partial charge in [-0.05, 0) is 37.6 Å². The second-order valence-corrected chi connectivity index (χ2v) is 7.81. The van der Waals surface area contributed by atoms with Gasteiger partial charge >= 0.3 is 11.7 Å². The molecule has 0 saturated heterocycles. The number of esters is 1. The number of imidazole rings is 1. The third-order valence-electron chi connectivity index (χ3n) is 5.24. The summed E-state index contributed by atoms with van der Waals surface area (Å²) in [7, 11) is 3.21. The van der Waals surface area contributed by atoms with E-state index in [1.807, 2.05) is 0 Å². The molecule has 0 fully saturated rings. The van der Waals surface area contributed by atoms with Crippen molar-refractivity contribution < 1.29 is 13.9 Å². The molecule has 0 bridgehead atoms. The van der Waals surface area contributed by atoms with Crippen LogP contribution in [-0.4, -0.2) is 41.0 Å². The molecule has 0 spiro atoms. The highest BCUT2D eigenvalue weighted by molar-refractivity contribution is 6.33. The van der Waals surface area contributed by atoms with Gasteiger partial charge in [-0.3, -0.25) is 13.9 Å². The van der Waals surface area contributed by atoms with E-state index in [1.165, 1.54) is 46.9 Å². The van der Waals surface area contributed by atoms with Crippen LogP contribution in [-0.2, 0) is 25.4 Å². The Kier molecular flexibility index (Phi) is 5.90. The average molecular weight is 475 g/mol. The molecule has 0 saturated carbocycles. The predicted molar refractivity (Wildman–Crippen MR) is 118 cm³/mol. The van der Waals surface area contributed by atoms with Crippen molar-refractivity contribution in [2.45, 2.75) is 19.9 Å². The van der Waals surface area contributed by atoms with Crippen LogP contribution in [0.15, 0.2) is 40.2 Å². The van der Waals surface area contributed by atoms with Gasteiger partial charge in [-0.2, -0.15) is 5.10 Å². The Morgan fingerprint density at radius 3 is 2.58 bits per heavy atom. The zero-order valence-corrected chi connectivity index (χ0v) is 18.8. The van der Waals surface area contributed by atoms with Gasteiger partial charge in [0.05, 0.1) is 24.3 Å². The van der Waals surface area contributed by atoms with Crippen molar-refractivity contribution >= 4 is 28.7 Å². The second kappa shape index (κ2) is 8.66. The smallest absolute Gasteiger partial charge is 0.343 e. The summed E-state index contributed by atoms with van der Waals surface area (Å²) >= 11 is 6.33. The number of carbonyl (C=O) groups is 1. The summed E-state index contributed by atoms with van der Waals surface area (Å²) in [5, 5.41) is 4.27. The highest BCUT2D eigenvalue weighted by Gasteiger charge is 2.22. The lowest BCUT2D eigenvalue weighted by Gasteiger charge is -2.09. The molecule has 3 aromatic heterocycles. The van der Waals surface area contributed by atoms with E-state index >= 15 is 0 Å². The highest BCUT2D eigenvalue weighted by Crippen LogP contribution is 2.24. The number of nitrogens with zero attached hydrogens (tertiary/aromatic N) is 6. The minimum absolute atomic E-state index is 0.0378. The number of carbonyl (C=O) groups excluding carboxylic acids is 1. The van der Waals surface area contributed by atoms with E-state index in [9.17, 15) is 18.8 Å². The lowest BCUT2D eigenvalue weighted by Crippen LogP contribution is -2.39. The van der Waals surface area contributed by atoms with Crippen molar-refractivity contribution in [1.29, 1.82) is 0 Å². The van der Waals surface area contributed by atoms with Crippen molar-refractivity contribution in [3.63, 3.8) is 0 Å². The van der Waals surface area contributed by atoms with Crippen LogP contribution >= 0.6 is 11.6 Å². The molecular formula is C21H20ClFN6O4. The van der Waals surface area contributed by atoms with Gasteiger partial charge < -0.3 is 9.30 Å². The maximum Gasteiger partial charge on any atom is 0.343 e. The molecule has 1 aromatic carbocycles. The van der Waals surface area contributed by atoms with Crippen LogP contribution in [0.1, 0.15) is 22.5 Å². The highest BCUT2D eigenvalue weighted by atomic mass is 35.5. The standard InChI is InChI=1S/C21H20ClFN6O4/c1-12-15(17(22)29(25-12)14-7-5-13(23)6-8-14)20(31)33-10-4-9-28-19(30)16-18(24-11-26(16)2)27(3)21(28)32/h5-8,11H,4,9-10H2,1-3H3. The van der Waals surface area contributed by atoms with E-state index in [0.717, 1.165) is 4.57 Å². The van der Waals surface area contributed by atoms with Crippen molar-refractivity contribution in [1.82, 2.24) is 28.5 Å². The number of aromatic nitrogens is 6. The van der Waals surface area contributed by atoms with Gasteiger partial charge in [0.2, 0.25) is 0 Å². The molecule has 33 heavy (non-hydrogen) atoms. The summed E-state index contributed by atoms with van der Waals surface area (Å²) in [5.74, 6) is -1.09. The maximum absolute atomic E-state index is 13.2. The SMILES string of the molecule is Cc1nn(-c2ccc(F)cc2)c(Cl)c1C(=O)OCCCn1c(=O)c2c(ncn2C)n(C)c1=O. The number of halogens is 2. The molecule has 0 radical (unpaired) electrons. The summed E-state index contributed by atoms with van der Waals surface area (Å²) in [6.45, 7) is 1.62. The molecule has 12 heteroatoms. The second-order valence-electron chi connectivity index (χ2n) is 7.45. The number of benzene rings is 1. The molecule has 10 nitrogen and oxygen atoms in total. The fourth-order valence-electron chi connectivity index (χ4n) is 3.54. The van der Waals surface area contributed by atoms with Crippen LogP contribution in [0.3, 0.4) is 0 Å². The van der Waals surface area contributed by atoms with E-state index in [-0.39, 0.29) is 30.3 Å². The van der Waals surface area contributed by atoms with Gasteiger partial charge in [-0.25, -0.2) is 23.6 Å². The van der Waals surface area contributed by atoms with Gasteiger partial charge in [-0.15, -0.1) is 0 Å². The summed E-state index contributed by atoms with van der Waals surface area (Å²) in [5.41, 5.74) is 0.579. The summed E-state index contributed by atoms with van der Waals surface area (Å²) in [4.78, 5) is 41.9. The Labute approximate surface area is 191 Å². The molecule has 3 heterocycles. The van der Waals surface area contributed by atoms with Crippen LogP contribution in [0.5, 0.6) is 0 Å². The Morgan fingerprint density at radius 2 is 1.88 bits per heavy atom. The first-order valence-electron chi connectivity index (χ1n) is 9.99. The Hall–Kier alpha value is -3.73. The van der Waals surface area contributed by atoms with Crippen LogP contribution in [0.25, 0.3) is 16.9 Å². The first-order valence-corrected chi connectivity index (χ1v) is 10.4. The Bertz CT molecular complexity index is 1480. The molecule has 0 aliphatic heterocycles. The number of rotatable bonds is 6. The minimum atomic E-state index is -0.687. The van der Waals surface area contributed by atoms with E-state index in [0.29, 0.717) is 22.5 Å². The molecule has 0 atom stereocenters. The fraction of sp³-hybridized carbons (Fsp3) is 0.286. The monoisotopic (exact) mass is 474 g/mol. The molecule has 0 amide bonds. The van der Waals surface area contributed by atoms with E-state index in [1.54, 1.807) is 18.5 Å². The van der Waals surface area contributed by atoms with Crippen LogP contribution in [0, 0.1) is 12.7 Å². The first kappa shape index (κ1) is 22.5. The predicted octanol–water partition coefficient (Wildman–Crippen LogP) is 1.97. The number of ether oxygens (including phenoxy) is 1. The lowest BCUT2D eigenvalue weighted by molar-refractivity contribution is 0.0494. The first-order chi connectivity index (χ1) is 15.7. The average Bonchev–Trinajstić information content (AvgIpc) is 3.31. The molecule has 0 aliphatic rings.